The van der Waals surface area contributed by atoms with E-state index < -0.39 is 0 Å². The van der Waals surface area contributed by atoms with Crippen LogP contribution in [0.4, 0.5) is 4.39 Å². The lowest BCUT2D eigenvalue weighted by Crippen LogP contribution is -2.17. The molecule has 0 amide bonds. The van der Waals surface area contributed by atoms with Gasteiger partial charge in [-0.2, -0.15) is 0 Å². The van der Waals surface area contributed by atoms with E-state index in [2.05, 4.69) is 28.1 Å². The van der Waals surface area contributed by atoms with Crippen LogP contribution in [0.25, 0.3) is 16.6 Å². The number of pyridine rings is 1. The molecule has 0 atom stereocenters. The summed E-state index contributed by atoms with van der Waals surface area (Å²) < 4.78 is 22.7. The van der Waals surface area contributed by atoms with Gasteiger partial charge in [-0.25, -0.2) is 4.39 Å². The average molecular weight is 440 g/mol. The van der Waals surface area contributed by atoms with Crippen LogP contribution < -0.4 is 15.6 Å². The molecule has 0 bridgehead atoms. The standard InChI is InChI=1S/C24H22FN3O2.ClH/c25-19-3-1-17(2-4-19)16-30-22-8-11-28(24(29)15-22)20-5-6-23-18(13-20)14-21-7-9-26-10-12-27(21)23;/h1-6,8,11,13-15,26H,7,9-10,12,16H2;1H. The molecular weight excluding hydrogens is 417 g/mol. The summed E-state index contributed by atoms with van der Waals surface area (Å²) in [6.45, 7) is 3.19. The Morgan fingerprint density at radius 3 is 2.65 bits per heavy atom. The normalized spacial score (nSPS) is 13.3. The predicted octanol–water partition coefficient (Wildman–Crippen LogP) is 4.08. The van der Waals surface area contributed by atoms with E-state index in [4.69, 9.17) is 4.74 Å². The van der Waals surface area contributed by atoms with E-state index in [1.165, 1.54) is 29.4 Å². The van der Waals surface area contributed by atoms with E-state index in [0.29, 0.717) is 5.75 Å². The number of ether oxygens (including phenoxy) is 1. The van der Waals surface area contributed by atoms with Crippen LogP contribution in [0.15, 0.2) is 71.7 Å². The molecule has 2 aromatic carbocycles. The fourth-order valence-corrected chi connectivity index (χ4v) is 3.98. The lowest BCUT2D eigenvalue weighted by atomic mass is 10.2. The smallest absolute Gasteiger partial charge is 0.258 e. The first-order chi connectivity index (χ1) is 14.7. The molecule has 0 aliphatic carbocycles. The zero-order valence-electron chi connectivity index (χ0n) is 16.9. The molecule has 4 aromatic rings. The summed E-state index contributed by atoms with van der Waals surface area (Å²) in [4.78, 5) is 12.7. The van der Waals surface area contributed by atoms with Crippen molar-refractivity contribution in [3.63, 3.8) is 0 Å². The molecule has 1 aliphatic heterocycles. The molecule has 0 fully saturated rings. The summed E-state index contributed by atoms with van der Waals surface area (Å²) in [5.41, 5.74) is 4.04. The number of fused-ring (bicyclic) bond motifs is 3. The molecule has 5 rings (SSSR count). The number of aromatic nitrogens is 2. The van der Waals surface area contributed by atoms with Gasteiger partial charge in [0.1, 0.15) is 18.2 Å². The van der Waals surface area contributed by atoms with Gasteiger partial charge in [0.15, 0.2) is 0 Å². The van der Waals surface area contributed by atoms with Gasteiger partial charge >= 0.3 is 0 Å². The summed E-state index contributed by atoms with van der Waals surface area (Å²) in [6, 6.07) is 17.7. The number of rotatable bonds is 4. The van der Waals surface area contributed by atoms with Gasteiger partial charge in [-0.1, -0.05) is 12.1 Å². The molecule has 1 aliphatic rings. The van der Waals surface area contributed by atoms with Gasteiger partial charge in [-0.3, -0.25) is 9.36 Å². The zero-order chi connectivity index (χ0) is 20.5. The van der Waals surface area contributed by atoms with Crippen LogP contribution in [0.5, 0.6) is 5.75 Å². The Labute approximate surface area is 185 Å². The van der Waals surface area contributed by atoms with Gasteiger partial charge in [0.25, 0.3) is 5.56 Å². The molecule has 0 saturated heterocycles. The zero-order valence-corrected chi connectivity index (χ0v) is 17.7. The molecule has 0 spiro atoms. The van der Waals surface area contributed by atoms with Gasteiger partial charge in [0, 0.05) is 60.6 Å². The third-order valence-corrected chi connectivity index (χ3v) is 5.53. The maximum absolute atomic E-state index is 13.0. The number of hydrogen-bond donors (Lipinski definition) is 1. The van der Waals surface area contributed by atoms with Gasteiger partial charge in [-0.15, -0.1) is 12.4 Å². The van der Waals surface area contributed by atoms with Crippen molar-refractivity contribution in [1.82, 2.24) is 14.5 Å². The quantitative estimate of drug-likeness (QED) is 0.521. The molecule has 1 N–H and O–H groups in total. The van der Waals surface area contributed by atoms with Crippen LogP contribution >= 0.6 is 12.4 Å². The summed E-state index contributed by atoms with van der Waals surface area (Å²) in [7, 11) is 0. The van der Waals surface area contributed by atoms with Gasteiger partial charge < -0.3 is 14.6 Å². The highest BCUT2D eigenvalue weighted by atomic mass is 35.5. The molecular formula is C24H23ClFN3O2. The summed E-state index contributed by atoms with van der Waals surface area (Å²) in [5, 5.41) is 4.57. The van der Waals surface area contributed by atoms with Gasteiger partial charge in [0.05, 0.1) is 0 Å². The third-order valence-electron chi connectivity index (χ3n) is 5.53. The first kappa shape index (κ1) is 21.2. The minimum absolute atomic E-state index is 0. The van der Waals surface area contributed by atoms with Crippen LogP contribution in [0.1, 0.15) is 11.3 Å². The number of halogens is 2. The predicted molar refractivity (Wildman–Crippen MR) is 122 cm³/mol. The first-order valence-electron chi connectivity index (χ1n) is 10.1. The Bertz CT molecular complexity index is 1260. The Morgan fingerprint density at radius 2 is 1.84 bits per heavy atom. The Hall–Kier alpha value is -3.09. The minimum atomic E-state index is -0.283. The largest absolute Gasteiger partial charge is 0.489 e. The van der Waals surface area contributed by atoms with Crippen molar-refractivity contribution in [3.05, 3.63) is 94.3 Å². The third kappa shape index (κ3) is 4.36. The number of nitrogens with one attached hydrogen (secondary N) is 1. The van der Waals surface area contributed by atoms with Crippen LogP contribution in [-0.2, 0) is 19.6 Å². The van der Waals surface area contributed by atoms with E-state index in [1.54, 1.807) is 29.0 Å². The lowest BCUT2D eigenvalue weighted by molar-refractivity contribution is 0.305. The molecule has 7 heteroatoms. The van der Waals surface area contributed by atoms with Crippen molar-refractivity contribution in [2.75, 3.05) is 13.1 Å². The lowest BCUT2D eigenvalue weighted by Gasteiger charge is -2.10. The summed E-state index contributed by atoms with van der Waals surface area (Å²) in [5.74, 6) is 0.208. The SMILES string of the molecule is Cl.O=c1cc(OCc2ccc(F)cc2)ccn1-c1ccc2c(c1)cc1n2CCNCC1. The Morgan fingerprint density at radius 1 is 1.00 bits per heavy atom. The molecule has 31 heavy (non-hydrogen) atoms. The molecule has 5 nitrogen and oxygen atoms in total. The Kier molecular flexibility index (Phi) is 6.11. The van der Waals surface area contributed by atoms with E-state index >= 15 is 0 Å². The van der Waals surface area contributed by atoms with Crippen molar-refractivity contribution in [2.45, 2.75) is 19.6 Å². The first-order valence-corrected chi connectivity index (χ1v) is 10.1. The summed E-state index contributed by atoms with van der Waals surface area (Å²) >= 11 is 0. The van der Waals surface area contributed by atoms with Crippen LogP contribution in [0, 0.1) is 5.82 Å². The highest BCUT2D eigenvalue weighted by Crippen LogP contribution is 2.24. The van der Waals surface area contributed by atoms with Crippen molar-refractivity contribution < 1.29 is 9.13 Å². The summed E-state index contributed by atoms with van der Waals surface area (Å²) in [6.07, 6.45) is 2.73. The van der Waals surface area contributed by atoms with Crippen molar-refractivity contribution in [3.8, 4) is 11.4 Å². The number of hydrogen-bond acceptors (Lipinski definition) is 3. The van der Waals surface area contributed by atoms with Crippen molar-refractivity contribution in [2.24, 2.45) is 0 Å². The van der Waals surface area contributed by atoms with E-state index in [9.17, 15) is 9.18 Å². The highest BCUT2D eigenvalue weighted by Gasteiger charge is 2.12. The van der Waals surface area contributed by atoms with E-state index in [1.807, 2.05) is 6.07 Å². The average Bonchev–Trinajstić information content (AvgIpc) is 2.93. The van der Waals surface area contributed by atoms with Crippen LogP contribution in [-0.4, -0.2) is 22.2 Å². The van der Waals surface area contributed by atoms with E-state index in [0.717, 1.165) is 42.7 Å². The molecule has 0 saturated carbocycles. The van der Waals surface area contributed by atoms with Crippen LogP contribution in [0.2, 0.25) is 0 Å². The van der Waals surface area contributed by atoms with Crippen molar-refractivity contribution in [1.29, 1.82) is 0 Å². The van der Waals surface area contributed by atoms with Gasteiger partial charge in [0.2, 0.25) is 0 Å². The fourth-order valence-electron chi connectivity index (χ4n) is 3.98. The molecule has 0 unspecified atom stereocenters. The highest BCUT2D eigenvalue weighted by molar-refractivity contribution is 5.85. The molecule has 2 aromatic heterocycles. The second-order valence-electron chi connectivity index (χ2n) is 7.52. The monoisotopic (exact) mass is 439 g/mol. The van der Waals surface area contributed by atoms with Crippen molar-refractivity contribution >= 4 is 23.3 Å². The van der Waals surface area contributed by atoms with Gasteiger partial charge in [-0.05, 0) is 48.0 Å². The fraction of sp³-hybridized carbons (Fsp3) is 0.208. The number of benzene rings is 2. The topological polar surface area (TPSA) is 48.2 Å². The second kappa shape index (κ2) is 8.96. The molecule has 160 valence electrons. The minimum Gasteiger partial charge on any atom is -0.489 e. The Balaban J connectivity index is 0.00000231. The number of nitrogens with zero attached hydrogens (tertiary/aromatic N) is 2. The maximum atomic E-state index is 13.0. The van der Waals surface area contributed by atoms with Crippen LogP contribution in [0.3, 0.4) is 0 Å². The van der Waals surface area contributed by atoms with E-state index in [-0.39, 0.29) is 30.4 Å². The molecule has 3 heterocycles. The molecule has 0 radical (unpaired) electrons. The second-order valence-corrected chi connectivity index (χ2v) is 7.52. The maximum Gasteiger partial charge on any atom is 0.258 e.